The molecule has 1 aromatic heterocycles. The average molecular weight is 339 g/mol. The number of halogens is 1. The summed E-state index contributed by atoms with van der Waals surface area (Å²) in [5.74, 6) is -0.386. The van der Waals surface area contributed by atoms with Crippen LogP contribution in [-0.4, -0.2) is 25.5 Å². The van der Waals surface area contributed by atoms with E-state index >= 15 is 0 Å². The SMILES string of the molecule is CCOc1c(Cl)cc(C(=O)NNC(=O)c2ccco2)cc1OC. The predicted molar refractivity (Wildman–Crippen MR) is 82.8 cm³/mol. The molecule has 0 aliphatic rings. The molecule has 8 heteroatoms. The van der Waals surface area contributed by atoms with Crippen LogP contribution in [0.25, 0.3) is 0 Å². The third-order valence-electron chi connectivity index (χ3n) is 2.81. The number of hydrazine groups is 1. The molecule has 0 aliphatic heterocycles. The molecule has 0 spiro atoms. The molecule has 0 saturated heterocycles. The van der Waals surface area contributed by atoms with E-state index in [0.29, 0.717) is 18.1 Å². The smallest absolute Gasteiger partial charge is 0.305 e. The number of hydrogen-bond acceptors (Lipinski definition) is 5. The zero-order valence-electron chi connectivity index (χ0n) is 12.5. The van der Waals surface area contributed by atoms with Crippen molar-refractivity contribution in [3.05, 3.63) is 46.9 Å². The van der Waals surface area contributed by atoms with Gasteiger partial charge in [0.2, 0.25) is 0 Å². The first-order valence-corrected chi connectivity index (χ1v) is 7.09. The highest BCUT2D eigenvalue weighted by molar-refractivity contribution is 6.32. The summed E-state index contributed by atoms with van der Waals surface area (Å²) in [5.41, 5.74) is 4.70. The zero-order valence-corrected chi connectivity index (χ0v) is 13.3. The number of carbonyl (C=O) groups is 2. The van der Waals surface area contributed by atoms with E-state index < -0.39 is 11.8 Å². The van der Waals surface area contributed by atoms with E-state index in [1.165, 1.54) is 31.6 Å². The van der Waals surface area contributed by atoms with Gasteiger partial charge in [0.1, 0.15) is 0 Å². The van der Waals surface area contributed by atoms with Gasteiger partial charge in [-0.15, -0.1) is 0 Å². The normalized spacial score (nSPS) is 10.0. The fraction of sp³-hybridized carbons (Fsp3) is 0.200. The van der Waals surface area contributed by atoms with Crippen molar-refractivity contribution in [1.82, 2.24) is 10.9 Å². The largest absolute Gasteiger partial charge is 0.493 e. The van der Waals surface area contributed by atoms with Gasteiger partial charge in [0.25, 0.3) is 5.91 Å². The number of rotatable bonds is 5. The predicted octanol–water partition coefficient (Wildman–Crippen LogP) is 2.42. The van der Waals surface area contributed by atoms with Crippen LogP contribution in [0.4, 0.5) is 0 Å². The van der Waals surface area contributed by atoms with Crippen molar-refractivity contribution >= 4 is 23.4 Å². The number of nitrogens with one attached hydrogen (secondary N) is 2. The Bertz CT molecular complexity index is 700. The Morgan fingerprint density at radius 1 is 1.26 bits per heavy atom. The average Bonchev–Trinajstić information content (AvgIpc) is 3.08. The number of methoxy groups -OCH3 is 1. The van der Waals surface area contributed by atoms with Crippen LogP contribution >= 0.6 is 11.6 Å². The van der Waals surface area contributed by atoms with Gasteiger partial charge >= 0.3 is 5.91 Å². The summed E-state index contributed by atoms with van der Waals surface area (Å²) < 4.78 is 15.4. The fourth-order valence-corrected chi connectivity index (χ4v) is 2.06. The van der Waals surface area contributed by atoms with Crippen molar-refractivity contribution in [2.75, 3.05) is 13.7 Å². The standard InChI is InChI=1S/C15H15ClN2O5/c1-3-22-13-10(16)7-9(8-12(13)21-2)14(19)17-18-15(20)11-5-4-6-23-11/h4-8H,3H2,1-2H3,(H,17,19)(H,18,20). The fourth-order valence-electron chi connectivity index (χ4n) is 1.79. The molecule has 0 bridgehead atoms. The highest BCUT2D eigenvalue weighted by atomic mass is 35.5. The van der Waals surface area contributed by atoms with Crippen LogP contribution in [0.3, 0.4) is 0 Å². The van der Waals surface area contributed by atoms with E-state index in [1.54, 1.807) is 13.0 Å². The molecule has 1 aromatic carbocycles. The molecule has 0 unspecified atom stereocenters. The first kappa shape index (κ1) is 16.7. The maximum atomic E-state index is 12.1. The van der Waals surface area contributed by atoms with Gasteiger partial charge in [-0.1, -0.05) is 11.6 Å². The minimum absolute atomic E-state index is 0.0765. The lowest BCUT2D eigenvalue weighted by atomic mass is 10.2. The van der Waals surface area contributed by atoms with Gasteiger partial charge in [0, 0.05) is 5.56 Å². The van der Waals surface area contributed by atoms with Crippen molar-refractivity contribution in [2.24, 2.45) is 0 Å². The molecule has 0 atom stereocenters. The van der Waals surface area contributed by atoms with E-state index in [2.05, 4.69) is 10.9 Å². The molecule has 122 valence electrons. The summed E-state index contributed by atoms with van der Waals surface area (Å²) in [6.45, 7) is 2.21. The third-order valence-corrected chi connectivity index (χ3v) is 3.10. The summed E-state index contributed by atoms with van der Waals surface area (Å²) in [5, 5.41) is 0.230. The van der Waals surface area contributed by atoms with E-state index in [0.717, 1.165) is 0 Å². The summed E-state index contributed by atoms with van der Waals surface area (Å²) >= 11 is 6.09. The summed E-state index contributed by atoms with van der Waals surface area (Å²) in [7, 11) is 1.44. The van der Waals surface area contributed by atoms with Crippen LogP contribution in [0.1, 0.15) is 27.8 Å². The summed E-state index contributed by atoms with van der Waals surface area (Å²) in [4.78, 5) is 23.8. The van der Waals surface area contributed by atoms with Gasteiger partial charge in [-0.25, -0.2) is 0 Å². The minimum Gasteiger partial charge on any atom is -0.493 e. The topological polar surface area (TPSA) is 89.8 Å². The van der Waals surface area contributed by atoms with E-state index in [1.807, 2.05) is 0 Å². The minimum atomic E-state index is -0.577. The molecular weight excluding hydrogens is 324 g/mol. The van der Waals surface area contributed by atoms with Crippen molar-refractivity contribution in [1.29, 1.82) is 0 Å². The molecule has 2 N–H and O–H groups in total. The van der Waals surface area contributed by atoms with Crippen LogP contribution in [0.15, 0.2) is 34.9 Å². The van der Waals surface area contributed by atoms with Crippen molar-refractivity contribution in [3.63, 3.8) is 0 Å². The molecule has 23 heavy (non-hydrogen) atoms. The second-order valence-electron chi connectivity index (χ2n) is 4.31. The number of carbonyl (C=O) groups excluding carboxylic acids is 2. The van der Waals surface area contributed by atoms with E-state index in [4.69, 9.17) is 25.5 Å². The first-order valence-electron chi connectivity index (χ1n) is 6.71. The lowest BCUT2D eigenvalue weighted by molar-refractivity contribution is 0.0830. The molecule has 2 rings (SSSR count). The molecule has 1 heterocycles. The lowest BCUT2D eigenvalue weighted by Crippen LogP contribution is -2.41. The third kappa shape index (κ3) is 3.95. The second kappa shape index (κ2) is 7.55. The summed E-state index contributed by atoms with van der Waals surface area (Å²) in [6.07, 6.45) is 1.35. The number of benzene rings is 1. The molecule has 7 nitrogen and oxygen atoms in total. The van der Waals surface area contributed by atoms with Gasteiger partial charge < -0.3 is 13.9 Å². The Balaban J connectivity index is 2.10. The van der Waals surface area contributed by atoms with Gasteiger partial charge in [-0.2, -0.15) is 0 Å². The Hall–Kier alpha value is -2.67. The number of hydrogen-bond donors (Lipinski definition) is 2. The van der Waals surface area contributed by atoms with Gasteiger partial charge in [0.15, 0.2) is 17.3 Å². The Kier molecular flexibility index (Phi) is 5.48. The number of ether oxygens (including phenoxy) is 2. The second-order valence-corrected chi connectivity index (χ2v) is 4.72. The van der Waals surface area contributed by atoms with E-state index in [9.17, 15) is 9.59 Å². The zero-order chi connectivity index (χ0) is 16.8. The highest BCUT2D eigenvalue weighted by Gasteiger charge is 2.16. The Labute approximate surface area is 137 Å². The lowest BCUT2D eigenvalue weighted by Gasteiger charge is -2.13. The first-order chi connectivity index (χ1) is 11.1. The van der Waals surface area contributed by atoms with E-state index in [-0.39, 0.29) is 16.3 Å². The Morgan fingerprint density at radius 2 is 2.00 bits per heavy atom. The van der Waals surface area contributed by atoms with Crippen LogP contribution < -0.4 is 20.3 Å². The quantitative estimate of drug-likeness (QED) is 0.817. The molecule has 2 amide bonds. The van der Waals surface area contributed by atoms with Crippen LogP contribution in [0, 0.1) is 0 Å². The van der Waals surface area contributed by atoms with Crippen molar-refractivity contribution in [3.8, 4) is 11.5 Å². The molecule has 0 aliphatic carbocycles. The molecule has 0 radical (unpaired) electrons. The Morgan fingerprint density at radius 3 is 2.61 bits per heavy atom. The number of amides is 2. The number of furan rings is 1. The van der Waals surface area contributed by atoms with Gasteiger partial charge in [-0.3, -0.25) is 20.4 Å². The molecule has 0 fully saturated rings. The van der Waals surface area contributed by atoms with Crippen LogP contribution in [0.2, 0.25) is 5.02 Å². The van der Waals surface area contributed by atoms with Gasteiger partial charge in [0.05, 0.1) is 25.0 Å². The monoisotopic (exact) mass is 338 g/mol. The summed E-state index contributed by atoms with van der Waals surface area (Å²) in [6, 6.07) is 5.92. The molecular formula is C15H15ClN2O5. The van der Waals surface area contributed by atoms with Crippen LogP contribution in [-0.2, 0) is 0 Å². The molecule has 2 aromatic rings. The maximum Gasteiger partial charge on any atom is 0.305 e. The molecule has 0 saturated carbocycles. The van der Waals surface area contributed by atoms with Gasteiger partial charge in [-0.05, 0) is 31.2 Å². The van der Waals surface area contributed by atoms with Crippen molar-refractivity contribution < 1.29 is 23.5 Å². The van der Waals surface area contributed by atoms with Crippen molar-refractivity contribution in [2.45, 2.75) is 6.92 Å². The highest BCUT2D eigenvalue weighted by Crippen LogP contribution is 2.36. The maximum absolute atomic E-state index is 12.1. The van der Waals surface area contributed by atoms with Crippen LogP contribution in [0.5, 0.6) is 11.5 Å².